The number of nitrogens with zero attached hydrogens (tertiary/aromatic N) is 3. The van der Waals surface area contributed by atoms with Crippen molar-refractivity contribution in [3.63, 3.8) is 0 Å². The molecule has 1 aliphatic carbocycles. The minimum Gasteiger partial charge on any atom is -0.497 e. The molecule has 6 nitrogen and oxygen atoms in total. The van der Waals surface area contributed by atoms with Crippen molar-refractivity contribution in [1.29, 1.82) is 0 Å². The largest absolute Gasteiger partial charge is 0.497 e. The van der Waals surface area contributed by atoms with Gasteiger partial charge in [0.15, 0.2) is 5.78 Å². The first-order valence-electron chi connectivity index (χ1n) is 11.2. The van der Waals surface area contributed by atoms with E-state index in [1.54, 1.807) is 31.2 Å². The van der Waals surface area contributed by atoms with E-state index < -0.39 is 5.92 Å². The maximum atomic E-state index is 14.4. The van der Waals surface area contributed by atoms with E-state index in [0.717, 1.165) is 31.8 Å². The Morgan fingerprint density at radius 1 is 1.30 bits per heavy atom. The van der Waals surface area contributed by atoms with Crippen LogP contribution in [0.1, 0.15) is 52.0 Å². The molecule has 33 heavy (non-hydrogen) atoms. The number of methoxy groups -OCH3 is 1. The number of carbonyl (C=O) groups excluding carboxylic acids is 1. The van der Waals surface area contributed by atoms with Crippen LogP contribution in [-0.4, -0.2) is 36.0 Å². The van der Waals surface area contributed by atoms with Crippen molar-refractivity contribution in [1.82, 2.24) is 9.97 Å². The monoisotopic (exact) mass is 458 g/mol. The molecule has 8 heteroatoms. The molecule has 1 aromatic heterocycles. The van der Waals surface area contributed by atoms with Crippen molar-refractivity contribution in [2.45, 2.75) is 58.4 Å². The summed E-state index contributed by atoms with van der Waals surface area (Å²) in [7, 11) is 3.34. The van der Waals surface area contributed by atoms with Gasteiger partial charge in [0.25, 0.3) is 5.92 Å². The lowest BCUT2D eigenvalue weighted by molar-refractivity contribution is -0.119. The Kier molecular flexibility index (Phi) is 7.66. The van der Waals surface area contributed by atoms with Crippen molar-refractivity contribution in [2.75, 3.05) is 24.4 Å². The number of nitrogens with one attached hydrogen (secondary N) is 1. The van der Waals surface area contributed by atoms with Crippen LogP contribution in [0.15, 0.2) is 42.1 Å². The second-order valence-corrected chi connectivity index (χ2v) is 8.93. The molecule has 1 aliphatic rings. The van der Waals surface area contributed by atoms with E-state index in [4.69, 9.17) is 4.74 Å². The number of ketones is 1. The van der Waals surface area contributed by atoms with Crippen LogP contribution in [0.25, 0.3) is 0 Å². The van der Waals surface area contributed by atoms with Crippen molar-refractivity contribution < 1.29 is 18.3 Å². The maximum absolute atomic E-state index is 14.4. The van der Waals surface area contributed by atoms with Gasteiger partial charge < -0.3 is 15.0 Å². The highest BCUT2D eigenvalue weighted by Crippen LogP contribution is 2.37. The predicted molar refractivity (Wildman–Crippen MR) is 126 cm³/mol. The van der Waals surface area contributed by atoms with E-state index in [1.165, 1.54) is 6.20 Å². The summed E-state index contributed by atoms with van der Waals surface area (Å²) in [5.74, 6) is -2.07. The number of allylic oxidation sites excluding steroid dienone is 2. The molecule has 1 heterocycles. The van der Waals surface area contributed by atoms with Gasteiger partial charge in [0.05, 0.1) is 12.7 Å². The zero-order valence-electron chi connectivity index (χ0n) is 19.9. The van der Waals surface area contributed by atoms with Gasteiger partial charge in [-0.2, -0.15) is 4.98 Å². The van der Waals surface area contributed by atoms with Gasteiger partial charge in [0.2, 0.25) is 5.95 Å². The van der Waals surface area contributed by atoms with Gasteiger partial charge in [-0.1, -0.05) is 18.1 Å². The molecule has 0 saturated heterocycles. The first kappa shape index (κ1) is 24.6. The Morgan fingerprint density at radius 2 is 2.06 bits per heavy atom. The SMILES string of the molecule is COc1cccc(Nc2ncc(C(C)(F)F)c(N(C)[C@@H]3CCC[C@H](C(=O)C=C(C)C)C3)n2)c1. The zero-order valence-corrected chi connectivity index (χ0v) is 19.9. The molecular formula is C25H32F2N4O2. The number of anilines is 3. The number of rotatable bonds is 8. The average Bonchev–Trinajstić information content (AvgIpc) is 2.77. The Bertz CT molecular complexity index is 1020. The fourth-order valence-corrected chi connectivity index (χ4v) is 4.19. The molecule has 0 bridgehead atoms. The molecule has 0 radical (unpaired) electrons. The first-order chi connectivity index (χ1) is 15.6. The summed E-state index contributed by atoms with van der Waals surface area (Å²) in [5.41, 5.74) is 1.41. The van der Waals surface area contributed by atoms with Gasteiger partial charge in [-0.05, 0) is 51.3 Å². The lowest BCUT2D eigenvalue weighted by Crippen LogP contribution is -2.39. The third-order valence-corrected chi connectivity index (χ3v) is 5.93. The molecule has 2 aromatic rings. The lowest BCUT2D eigenvalue weighted by atomic mass is 9.82. The average molecular weight is 459 g/mol. The number of alkyl halides is 2. The summed E-state index contributed by atoms with van der Waals surface area (Å²) in [6.45, 7) is 4.65. The van der Waals surface area contributed by atoms with E-state index in [2.05, 4.69) is 15.3 Å². The maximum Gasteiger partial charge on any atom is 0.275 e. The molecule has 1 saturated carbocycles. The topological polar surface area (TPSA) is 67.3 Å². The third-order valence-electron chi connectivity index (χ3n) is 5.93. The summed E-state index contributed by atoms with van der Waals surface area (Å²) in [6.07, 6.45) is 5.95. The van der Waals surface area contributed by atoms with Crippen LogP contribution in [0.2, 0.25) is 0 Å². The summed E-state index contributed by atoms with van der Waals surface area (Å²) in [6, 6.07) is 7.14. The fraction of sp³-hybridized carbons (Fsp3) is 0.480. The quantitative estimate of drug-likeness (QED) is 0.499. The third kappa shape index (κ3) is 6.27. The Labute approximate surface area is 194 Å². The van der Waals surface area contributed by atoms with Crippen molar-refractivity contribution >= 4 is 23.2 Å². The Hall–Kier alpha value is -3.03. The van der Waals surface area contributed by atoms with E-state index in [-0.39, 0.29) is 35.1 Å². The van der Waals surface area contributed by atoms with E-state index in [9.17, 15) is 13.6 Å². The van der Waals surface area contributed by atoms with Crippen LogP contribution < -0.4 is 15.0 Å². The van der Waals surface area contributed by atoms with Crippen LogP contribution in [0.5, 0.6) is 5.75 Å². The molecule has 0 amide bonds. The minimum atomic E-state index is -3.11. The number of hydrogen-bond donors (Lipinski definition) is 1. The molecule has 1 fully saturated rings. The Morgan fingerprint density at radius 3 is 2.73 bits per heavy atom. The highest BCUT2D eigenvalue weighted by atomic mass is 19.3. The van der Waals surface area contributed by atoms with Gasteiger partial charge >= 0.3 is 0 Å². The van der Waals surface area contributed by atoms with Crippen LogP contribution in [0.4, 0.5) is 26.2 Å². The van der Waals surface area contributed by atoms with Gasteiger partial charge in [-0.25, -0.2) is 13.8 Å². The number of halogens is 2. The summed E-state index contributed by atoms with van der Waals surface area (Å²) in [4.78, 5) is 23.0. The van der Waals surface area contributed by atoms with Gasteiger partial charge in [0.1, 0.15) is 11.6 Å². The zero-order chi connectivity index (χ0) is 24.2. The molecule has 1 aromatic carbocycles. The van der Waals surface area contributed by atoms with Crippen molar-refractivity contribution in [3.8, 4) is 5.75 Å². The second kappa shape index (κ2) is 10.3. The number of benzene rings is 1. The van der Waals surface area contributed by atoms with Gasteiger partial charge in [-0.3, -0.25) is 4.79 Å². The molecule has 178 valence electrons. The predicted octanol–water partition coefficient (Wildman–Crippen LogP) is 5.87. The van der Waals surface area contributed by atoms with Gasteiger partial charge in [0, 0.05) is 43.9 Å². The normalized spacial score (nSPS) is 18.4. The number of hydrogen-bond acceptors (Lipinski definition) is 6. The molecule has 3 rings (SSSR count). The highest BCUT2D eigenvalue weighted by Gasteiger charge is 2.35. The van der Waals surface area contributed by atoms with Crippen LogP contribution in [-0.2, 0) is 10.7 Å². The van der Waals surface area contributed by atoms with Crippen molar-refractivity contribution in [2.24, 2.45) is 5.92 Å². The summed E-state index contributed by atoms with van der Waals surface area (Å²) < 4.78 is 34.1. The van der Waals surface area contributed by atoms with Crippen LogP contribution >= 0.6 is 0 Å². The molecule has 0 spiro atoms. The number of carbonyl (C=O) groups is 1. The minimum absolute atomic E-state index is 0.0704. The summed E-state index contributed by atoms with van der Waals surface area (Å²) >= 11 is 0. The Balaban J connectivity index is 1.89. The smallest absolute Gasteiger partial charge is 0.275 e. The molecule has 1 N–H and O–H groups in total. The molecule has 0 aliphatic heterocycles. The van der Waals surface area contributed by atoms with E-state index in [1.807, 2.05) is 32.0 Å². The molecular weight excluding hydrogens is 426 g/mol. The van der Waals surface area contributed by atoms with E-state index in [0.29, 0.717) is 17.9 Å². The molecule has 0 unspecified atom stereocenters. The molecule has 2 atom stereocenters. The van der Waals surface area contributed by atoms with Crippen LogP contribution in [0, 0.1) is 5.92 Å². The first-order valence-corrected chi connectivity index (χ1v) is 11.2. The summed E-state index contributed by atoms with van der Waals surface area (Å²) in [5, 5.41) is 3.07. The van der Waals surface area contributed by atoms with Crippen molar-refractivity contribution in [3.05, 3.63) is 47.7 Å². The fourth-order valence-electron chi connectivity index (χ4n) is 4.19. The van der Waals surface area contributed by atoms with Gasteiger partial charge in [-0.15, -0.1) is 0 Å². The number of ether oxygens (including phenoxy) is 1. The van der Waals surface area contributed by atoms with Crippen LogP contribution in [0.3, 0.4) is 0 Å². The second-order valence-electron chi connectivity index (χ2n) is 8.93. The standard InChI is InChI=1S/C25H32F2N4O2/c1-16(2)12-22(32)17-8-6-10-19(13-17)31(4)23-21(25(3,26)27)15-28-24(30-23)29-18-9-7-11-20(14-18)33-5/h7,9,11-12,14-15,17,19H,6,8,10,13H2,1-5H3,(H,28,29,30)/t17-,19+/m0/s1. The lowest BCUT2D eigenvalue weighted by Gasteiger charge is -2.36. The number of aromatic nitrogens is 2. The highest BCUT2D eigenvalue weighted by molar-refractivity contribution is 5.92. The van der Waals surface area contributed by atoms with E-state index >= 15 is 0 Å².